The van der Waals surface area contributed by atoms with Crippen LogP contribution in [-0.4, -0.2) is 0 Å². The Bertz CT molecular complexity index is 1500. The van der Waals surface area contributed by atoms with Gasteiger partial charge in [-0.3, -0.25) is 0 Å². The standard InChI is InChI=1S/C30H18S6/c1-7-31-16-19(1)28-25(4-10-34-28)22-13-23(26-5-11-35-29(26)20-2-8-32-17-20)15-24(14-22)27-6-12-36-30(27)21-3-9-33-18-21/h1-18H. The van der Waals surface area contributed by atoms with E-state index in [2.05, 4.69) is 103 Å². The van der Waals surface area contributed by atoms with Crippen LogP contribution in [0.25, 0.3) is 64.7 Å². The van der Waals surface area contributed by atoms with Gasteiger partial charge in [0.25, 0.3) is 0 Å². The normalized spacial score (nSPS) is 11.3. The summed E-state index contributed by atoms with van der Waals surface area (Å²) in [5.41, 5.74) is 11.7. The molecule has 6 heteroatoms. The van der Waals surface area contributed by atoms with Crippen LogP contribution in [0, 0.1) is 0 Å². The Labute approximate surface area is 234 Å². The van der Waals surface area contributed by atoms with Gasteiger partial charge in [-0.05, 0) is 120 Å². The molecule has 0 nitrogen and oxygen atoms in total. The zero-order chi connectivity index (χ0) is 23.9. The molecule has 1 aromatic carbocycles. The SMILES string of the molecule is c1cc(-c2sccc2-c2cc(-c3ccsc3-c3ccsc3)cc(-c3ccsc3-c3ccsc3)c2)cs1. The summed E-state index contributed by atoms with van der Waals surface area (Å²) in [5.74, 6) is 0. The number of benzene rings is 1. The minimum absolute atomic E-state index is 1.27. The molecule has 7 aromatic rings. The lowest BCUT2D eigenvalue weighted by Crippen LogP contribution is -1.87. The second-order valence-corrected chi connectivity index (χ2v) is 13.4. The average molecular weight is 571 g/mol. The molecule has 6 heterocycles. The van der Waals surface area contributed by atoms with Crippen LogP contribution in [0.1, 0.15) is 0 Å². The fourth-order valence-electron chi connectivity index (χ4n) is 4.56. The topological polar surface area (TPSA) is 0 Å². The fraction of sp³-hybridized carbons (Fsp3) is 0. The number of hydrogen-bond donors (Lipinski definition) is 0. The van der Waals surface area contributed by atoms with E-state index in [1.54, 1.807) is 34.0 Å². The summed E-state index contributed by atoms with van der Waals surface area (Å²) in [6, 6.07) is 20.7. The van der Waals surface area contributed by atoms with Gasteiger partial charge in [-0.15, -0.1) is 34.0 Å². The van der Waals surface area contributed by atoms with Gasteiger partial charge in [0.05, 0.1) is 0 Å². The fourth-order valence-corrected chi connectivity index (χ4v) is 9.47. The second kappa shape index (κ2) is 9.71. The Hall–Kier alpha value is -2.58. The molecule has 0 saturated carbocycles. The Morgan fingerprint density at radius 1 is 0.333 bits per heavy atom. The lowest BCUT2D eigenvalue weighted by molar-refractivity contribution is 1.62. The monoisotopic (exact) mass is 570 g/mol. The van der Waals surface area contributed by atoms with Crippen molar-refractivity contribution in [3.63, 3.8) is 0 Å². The predicted molar refractivity (Wildman–Crippen MR) is 166 cm³/mol. The molecular weight excluding hydrogens is 553 g/mol. The van der Waals surface area contributed by atoms with E-state index < -0.39 is 0 Å². The van der Waals surface area contributed by atoms with Crippen LogP contribution in [0.3, 0.4) is 0 Å². The summed E-state index contributed by atoms with van der Waals surface area (Å²) < 4.78 is 0. The van der Waals surface area contributed by atoms with Crippen LogP contribution in [0.5, 0.6) is 0 Å². The van der Waals surface area contributed by atoms with Gasteiger partial charge in [0.15, 0.2) is 0 Å². The van der Waals surface area contributed by atoms with Crippen molar-refractivity contribution in [2.45, 2.75) is 0 Å². The number of rotatable bonds is 6. The summed E-state index contributed by atoms with van der Waals surface area (Å²) in [4.78, 5) is 4.02. The minimum atomic E-state index is 1.27. The average Bonchev–Trinajstić information content (AvgIpc) is 3.76. The van der Waals surface area contributed by atoms with E-state index in [4.69, 9.17) is 0 Å². The van der Waals surface area contributed by atoms with E-state index in [1.807, 2.05) is 34.0 Å². The van der Waals surface area contributed by atoms with Gasteiger partial charge in [0.1, 0.15) is 0 Å². The van der Waals surface area contributed by atoms with Crippen molar-refractivity contribution >= 4 is 68.0 Å². The zero-order valence-electron chi connectivity index (χ0n) is 18.8. The molecule has 6 aromatic heterocycles. The van der Waals surface area contributed by atoms with Crippen molar-refractivity contribution in [1.82, 2.24) is 0 Å². The third kappa shape index (κ3) is 4.08. The molecule has 7 rings (SSSR count). The largest absolute Gasteiger partial charge is 0.152 e. The van der Waals surface area contributed by atoms with Gasteiger partial charge in [-0.1, -0.05) is 0 Å². The first-order chi connectivity index (χ1) is 17.8. The lowest BCUT2D eigenvalue weighted by Gasteiger charge is -2.12. The molecule has 0 spiro atoms. The maximum atomic E-state index is 2.38. The Morgan fingerprint density at radius 2 is 0.667 bits per heavy atom. The summed E-state index contributed by atoms with van der Waals surface area (Å²) in [6.45, 7) is 0. The second-order valence-electron chi connectivity index (χ2n) is 8.33. The van der Waals surface area contributed by atoms with Crippen LogP contribution in [0.2, 0.25) is 0 Å². The molecule has 0 aliphatic heterocycles. The Morgan fingerprint density at radius 3 is 0.944 bits per heavy atom. The Balaban J connectivity index is 1.45. The maximum Gasteiger partial charge on any atom is 0.0429 e. The lowest BCUT2D eigenvalue weighted by atomic mass is 9.92. The predicted octanol–water partition coefficient (Wildman–Crippen LogP) is 12.1. The summed E-state index contributed by atoms with van der Waals surface area (Å²) >= 11 is 10.7. The van der Waals surface area contributed by atoms with Gasteiger partial charge in [0.2, 0.25) is 0 Å². The summed E-state index contributed by atoms with van der Waals surface area (Å²) in [5, 5.41) is 19.9. The molecule has 0 saturated heterocycles. The first-order valence-electron chi connectivity index (χ1n) is 11.3. The molecule has 0 amide bonds. The van der Waals surface area contributed by atoms with E-state index in [1.165, 1.54) is 64.7 Å². The molecule has 0 fully saturated rings. The third-order valence-corrected chi connectivity index (χ3v) is 11.2. The van der Waals surface area contributed by atoms with Gasteiger partial charge in [-0.25, -0.2) is 0 Å². The van der Waals surface area contributed by atoms with Crippen molar-refractivity contribution in [2.24, 2.45) is 0 Å². The molecule has 0 aliphatic carbocycles. The maximum absolute atomic E-state index is 2.38. The molecule has 0 aliphatic rings. The zero-order valence-corrected chi connectivity index (χ0v) is 23.7. The van der Waals surface area contributed by atoms with E-state index in [0.29, 0.717) is 0 Å². The molecular formula is C30H18S6. The molecule has 0 atom stereocenters. The minimum Gasteiger partial charge on any atom is -0.152 e. The molecule has 174 valence electrons. The highest BCUT2D eigenvalue weighted by Gasteiger charge is 2.18. The Kier molecular flexibility index (Phi) is 6.10. The van der Waals surface area contributed by atoms with Crippen LogP contribution in [-0.2, 0) is 0 Å². The van der Waals surface area contributed by atoms with Crippen molar-refractivity contribution in [2.75, 3.05) is 0 Å². The van der Waals surface area contributed by atoms with Crippen LogP contribution in [0.15, 0.2) is 103 Å². The van der Waals surface area contributed by atoms with Crippen molar-refractivity contribution in [1.29, 1.82) is 0 Å². The van der Waals surface area contributed by atoms with Gasteiger partial charge in [0, 0.05) is 48.0 Å². The summed E-state index contributed by atoms with van der Waals surface area (Å²) in [6.07, 6.45) is 0. The highest BCUT2D eigenvalue weighted by Crippen LogP contribution is 2.46. The first kappa shape index (κ1) is 22.6. The van der Waals surface area contributed by atoms with Gasteiger partial charge < -0.3 is 0 Å². The third-order valence-electron chi connectivity index (χ3n) is 6.21. The summed E-state index contributed by atoms with van der Waals surface area (Å²) in [7, 11) is 0. The number of thiophene rings is 6. The van der Waals surface area contributed by atoms with Crippen molar-refractivity contribution in [3.05, 3.63) is 103 Å². The number of hydrogen-bond acceptors (Lipinski definition) is 6. The quantitative estimate of drug-likeness (QED) is 0.186. The molecule has 0 unspecified atom stereocenters. The van der Waals surface area contributed by atoms with Crippen molar-refractivity contribution < 1.29 is 0 Å². The van der Waals surface area contributed by atoms with Gasteiger partial charge in [-0.2, -0.15) is 34.0 Å². The van der Waals surface area contributed by atoms with E-state index >= 15 is 0 Å². The highest BCUT2D eigenvalue weighted by atomic mass is 32.1. The highest BCUT2D eigenvalue weighted by molar-refractivity contribution is 7.16. The van der Waals surface area contributed by atoms with Gasteiger partial charge >= 0.3 is 0 Å². The van der Waals surface area contributed by atoms with Crippen molar-refractivity contribution in [3.8, 4) is 64.7 Å². The first-order valence-corrected chi connectivity index (χ1v) is 16.8. The molecule has 36 heavy (non-hydrogen) atoms. The van der Waals surface area contributed by atoms with E-state index in [0.717, 1.165) is 0 Å². The molecule has 0 bridgehead atoms. The van der Waals surface area contributed by atoms with Crippen LogP contribution < -0.4 is 0 Å². The molecule has 0 N–H and O–H groups in total. The van der Waals surface area contributed by atoms with Crippen LogP contribution >= 0.6 is 68.0 Å². The van der Waals surface area contributed by atoms with Crippen LogP contribution in [0.4, 0.5) is 0 Å². The molecule has 0 radical (unpaired) electrons. The van der Waals surface area contributed by atoms with E-state index in [9.17, 15) is 0 Å². The van der Waals surface area contributed by atoms with E-state index in [-0.39, 0.29) is 0 Å². The smallest absolute Gasteiger partial charge is 0.0429 e.